The number of anilines is 2. The summed E-state index contributed by atoms with van der Waals surface area (Å²) in [6, 6.07) is 36.8. The van der Waals surface area contributed by atoms with Gasteiger partial charge in [0.25, 0.3) is 0 Å². The zero-order chi connectivity index (χ0) is 39.0. The first-order valence-corrected chi connectivity index (χ1v) is 20.8. The van der Waals surface area contributed by atoms with Crippen LogP contribution in [0.1, 0.15) is 22.3 Å². The molecular formula is C43H42F6N3O3P. The zero-order valence-electron chi connectivity index (χ0n) is 30.7. The summed E-state index contributed by atoms with van der Waals surface area (Å²) in [5, 5.41) is 1.25. The molecule has 3 aliphatic heterocycles. The second-order valence-corrected chi connectivity index (χ2v) is 16.2. The second kappa shape index (κ2) is 14.6. The van der Waals surface area contributed by atoms with Crippen LogP contribution >= 0.6 is 7.81 Å². The van der Waals surface area contributed by atoms with Gasteiger partial charge in [-0.1, -0.05) is 60.7 Å². The number of rotatable bonds is 4. The first kappa shape index (κ1) is 38.1. The molecule has 0 aromatic heterocycles. The van der Waals surface area contributed by atoms with Gasteiger partial charge in [0.05, 0.1) is 26.4 Å². The molecule has 0 amide bonds. The number of hydrogen-bond acceptors (Lipinski definition) is 5. The van der Waals surface area contributed by atoms with E-state index in [2.05, 4.69) is 124 Å². The standard InChI is InChI=1S/C43H42N3O3.F6P/c1-7-34(44-19-25-47-26-20-44)10-16-37-31(1)4-13-40(37)43(41-14-5-32-2-8-35(11-17-38(32)41)45-21-27-48-28-22-45)42-15-6-33-3-9-36(12-18-39(33)42)46-23-29-49-30-24-46;1-7(2,3,4,5)6/h1-18H,19-30H2;/q+1;-1. The number of allylic oxidation sites excluding steroid dienone is 2. The quantitative estimate of drug-likeness (QED) is 0.103. The van der Waals surface area contributed by atoms with E-state index in [9.17, 15) is 25.2 Å². The normalized spacial score (nSPS) is 18.6. The summed E-state index contributed by atoms with van der Waals surface area (Å²) in [6.07, 6.45) is 4.62. The van der Waals surface area contributed by atoms with Gasteiger partial charge in [0, 0.05) is 49.7 Å². The van der Waals surface area contributed by atoms with E-state index in [1.54, 1.807) is 0 Å². The van der Waals surface area contributed by atoms with Crippen molar-refractivity contribution in [3.63, 3.8) is 0 Å². The third-order valence-electron chi connectivity index (χ3n) is 10.6. The van der Waals surface area contributed by atoms with Gasteiger partial charge in [-0.05, 0) is 92.1 Å². The van der Waals surface area contributed by atoms with E-state index in [1.165, 1.54) is 72.4 Å². The molecule has 8 aliphatic rings. The maximum atomic E-state index is 9.87. The van der Waals surface area contributed by atoms with Gasteiger partial charge in [-0.25, -0.2) is 4.58 Å². The average Bonchev–Trinajstić information content (AvgIpc) is 3.72. The monoisotopic (exact) mass is 793 g/mol. The molecule has 13 heteroatoms. The van der Waals surface area contributed by atoms with Crippen molar-refractivity contribution in [1.82, 2.24) is 4.58 Å². The molecule has 294 valence electrons. The van der Waals surface area contributed by atoms with Crippen LogP contribution in [-0.4, -0.2) is 78.9 Å². The number of fused-ring (bicyclic) bond motifs is 3. The van der Waals surface area contributed by atoms with E-state index in [0.29, 0.717) is 0 Å². The van der Waals surface area contributed by atoms with Crippen molar-refractivity contribution in [3.8, 4) is 22.3 Å². The molecular weight excluding hydrogens is 751 g/mol. The summed E-state index contributed by atoms with van der Waals surface area (Å²) < 4.78 is 78.6. The van der Waals surface area contributed by atoms with Crippen LogP contribution in [-0.2, 0) is 14.2 Å². The van der Waals surface area contributed by atoms with Gasteiger partial charge in [0.2, 0.25) is 0 Å². The number of ether oxygens (including phenoxy) is 3. The molecule has 0 N–H and O–H groups in total. The van der Waals surface area contributed by atoms with Crippen LogP contribution in [0.3, 0.4) is 0 Å². The summed E-state index contributed by atoms with van der Waals surface area (Å²) in [6.45, 7) is 10.2. The van der Waals surface area contributed by atoms with E-state index < -0.39 is 7.81 Å². The van der Waals surface area contributed by atoms with Crippen LogP contribution in [0.4, 0.5) is 36.6 Å². The molecule has 3 heterocycles. The van der Waals surface area contributed by atoms with E-state index in [4.69, 9.17) is 14.2 Å². The minimum atomic E-state index is -10.7. The average molecular weight is 794 g/mol. The van der Waals surface area contributed by atoms with Gasteiger partial charge < -0.3 is 24.0 Å². The van der Waals surface area contributed by atoms with E-state index in [1.807, 2.05) is 0 Å². The molecule has 0 bridgehead atoms. The molecule has 0 saturated carbocycles. The maximum absolute atomic E-state index is 10.7. The topological polar surface area (TPSA) is 37.2 Å². The van der Waals surface area contributed by atoms with Crippen LogP contribution in [0, 0.1) is 0 Å². The molecule has 0 spiro atoms. The van der Waals surface area contributed by atoms with Gasteiger partial charge in [0.1, 0.15) is 13.2 Å². The van der Waals surface area contributed by atoms with Crippen LogP contribution in [0.2, 0.25) is 0 Å². The molecule has 3 saturated heterocycles. The fourth-order valence-corrected chi connectivity index (χ4v) is 7.90. The van der Waals surface area contributed by atoms with Gasteiger partial charge in [-0.15, -0.1) is 0 Å². The van der Waals surface area contributed by atoms with Crippen LogP contribution in [0.15, 0.2) is 103 Å². The molecule has 1 aromatic rings. The van der Waals surface area contributed by atoms with Gasteiger partial charge in [0.15, 0.2) is 18.4 Å². The van der Waals surface area contributed by atoms with Crippen molar-refractivity contribution in [2.75, 3.05) is 88.7 Å². The Kier molecular flexibility index (Phi) is 9.98. The SMILES string of the molecule is C1=Cc2ccc(=[N+]3CCOCC3)ccc2C1=C(c1ccc2ccc(N3CCOCC3)ccc1-2)c1ccc2ccc(N3CCOCC3)ccc1-2.F[P-](F)(F)(F)(F)F. The van der Waals surface area contributed by atoms with Crippen LogP contribution < -0.4 is 19.7 Å². The van der Waals surface area contributed by atoms with Crippen LogP contribution in [0.25, 0.3) is 39.5 Å². The molecule has 56 heavy (non-hydrogen) atoms. The van der Waals surface area contributed by atoms with Crippen LogP contribution in [0.5, 0.6) is 0 Å². The van der Waals surface area contributed by atoms with E-state index in [-0.39, 0.29) is 0 Å². The van der Waals surface area contributed by atoms with E-state index >= 15 is 0 Å². The zero-order valence-corrected chi connectivity index (χ0v) is 31.6. The Labute approximate surface area is 321 Å². The van der Waals surface area contributed by atoms with Crippen molar-refractivity contribution in [1.29, 1.82) is 0 Å². The predicted molar refractivity (Wildman–Crippen MR) is 213 cm³/mol. The van der Waals surface area contributed by atoms with Crippen molar-refractivity contribution in [3.05, 3.63) is 131 Å². The van der Waals surface area contributed by atoms with Crippen molar-refractivity contribution >= 4 is 36.4 Å². The summed E-state index contributed by atoms with van der Waals surface area (Å²) in [7, 11) is -10.7. The Bertz CT molecular complexity index is 2220. The van der Waals surface area contributed by atoms with Gasteiger partial charge in [-0.2, -0.15) is 0 Å². The molecule has 0 radical (unpaired) electrons. The third kappa shape index (κ3) is 9.10. The number of morpholine rings is 3. The molecule has 6 nitrogen and oxygen atoms in total. The number of halogens is 6. The molecule has 9 rings (SSSR count). The molecule has 1 aromatic carbocycles. The fourth-order valence-electron chi connectivity index (χ4n) is 7.90. The fraction of sp³-hybridized carbons (Fsp3) is 0.279. The molecule has 5 aliphatic carbocycles. The van der Waals surface area contributed by atoms with Crippen molar-refractivity contribution < 1.29 is 39.4 Å². The number of nitrogens with zero attached hydrogens (tertiary/aromatic N) is 3. The van der Waals surface area contributed by atoms with Gasteiger partial charge in [-0.3, -0.25) is 0 Å². The second-order valence-electron chi connectivity index (χ2n) is 14.3. The van der Waals surface area contributed by atoms with Crippen molar-refractivity contribution in [2.24, 2.45) is 0 Å². The van der Waals surface area contributed by atoms with Gasteiger partial charge >= 0.3 is 33.0 Å². The minimum absolute atomic E-state index is 0.775. The molecule has 3 fully saturated rings. The Morgan fingerprint density at radius 2 is 0.911 bits per heavy atom. The van der Waals surface area contributed by atoms with Crippen molar-refractivity contribution in [2.45, 2.75) is 0 Å². The Balaban J connectivity index is 0.000000579. The summed E-state index contributed by atoms with van der Waals surface area (Å²) in [4.78, 5) is 4.86. The number of hydrogen-bond donors (Lipinski definition) is 0. The Morgan fingerprint density at radius 3 is 1.43 bits per heavy atom. The van der Waals surface area contributed by atoms with E-state index in [0.717, 1.165) is 78.9 Å². The Hall–Kier alpha value is -4.74. The first-order valence-electron chi connectivity index (χ1n) is 18.8. The third-order valence-corrected chi connectivity index (χ3v) is 10.6. The predicted octanol–water partition coefficient (Wildman–Crippen LogP) is 9.74. The first-order chi connectivity index (χ1) is 26.7. The molecule has 0 unspecified atom stereocenters. The Morgan fingerprint density at radius 1 is 0.482 bits per heavy atom. The summed E-state index contributed by atoms with van der Waals surface area (Å²) >= 11 is 0. The summed E-state index contributed by atoms with van der Waals surface area (Å²) in [5.41, 5.74) is 15.1. The molecule has 0 atom stereocenters. The summed E-state index contributed by atoms with van der Waals surface area (Å²) in [5.74, 6) is 0.